The Hall–Kier alpha value is -1.76. The van der Waals surface area contributed by atoms with Gasteiger partial charge in [-0.05, 0) is 30.8 Å². The molecule has 108 valence electrons. The van der Waals surface area contributed by atoms with E-state index in [0.717, 1.165) is 25.1 Å². The molecule has 0 spiro atoms. The number of hydrogen-bond acceptors (Lipinski definition) is 2. The normalized spacial score (nSPS) is 14.5. The summed E-state index contributed by atoms with van der Waals surface area (Å²) >= 11 is 4.97. The summed E-state index contributed by atoms with van der Waals surface area (Å²) in [7, 11) is 0. The van der Waals surface area contributed by atoms with Crippen molar-refractivity contribution in [1.29, 1.82) is 0 Å². The molecule has 7 heteroatoms. The number of para-hydroxylation sites is 1. The van der Waals surface area contributed by atoms with Crippen molar-refractivity contribution in [2.75, 3.05) is 25.0 Å². The largest absolute Gasteiger partial charge is 0.361 e. The summed E-state index contributed by atoms with van der Waals surface area (Å²) in [5.41, 5.74) is -0.276. The van der Waals surface area contributed by atoms with Gasteiger partial charge in [0.25, 0.3) is 0 Å². The Morgan fingerprint density at radius 1 is 1.35 bits per heavy atom. The van der Waals surface area contributed by atoms with Crippen molar-refractivity contribution in [2.45, 2.75) is 12.8 Å². The van der Waals surface area contributed by atoms with Crippen molar-refractivity contribution < 1.29 is 13.6 Å². The molecule has 1 fully saturated rings. The summed E-state index contributed by atoms with van der Waals surface area (Å²) in [5.74, 6) is -1.28. The minimum atomic E-state index is -0.705. The predicted octanol–water partition coefficient (Wildman–Crippen LogP) is 1.87. The van der Waals surface area contributed by atoms with Crippen LogP contribution in [-0.4, -0.2) is 35.6 Å². The third-order valence-corrected chi connectivity index (χ3v) is 3.29. The number of hydrogen-bond donors (Lipinski definition) is 2. The maximum atomic E-state index is 13.4. The Labute approximate surface area is 121 Å². The van der Waals surface area contributed by atoms with Crippen molar-refractivity contribution in [3.8, 4) is 0 Å². The quantitative estimate of drug-likeness (QED) is 0.833. The lowest BCUT2D eigenvalue weighted by Gasteiger charge is -2.17. The highest BCUT2D eigenvalue weighted by molar-refractivity contribution is 7.80. The Kier molecular flexibility index (Phi) is 4.84. The van der Waals surface area contributed by atoms with Gasteiger partial charge in [-0.3, -0.25) is 4.79 Å². The van der Waals surface area contributed by atoms with Gasteiger partial charge in [0.05, 0.1) is 0 Å². The fourth-order valence-corrected chi connectivity index (χ4v) is 2.22. The summed E-state index contributed by atoms with van der Waals surface area (Å²) in [5, 5.41) is 5.43. The molecule has 0 saturated carbocycles. The second-order valence-corrected chi connectivity index (χ2v) is 4.87. The zero-order valence-electron chi connectivity index (χ0n) is 10.8. The molecule has 0 unspecified atom stereocenters. The molecule has 0 aromatic heterocycles. The molecule has 1 saturated heterocycles. The average Bonchev–Trinajstić information content (AvgIpc) is 2.80. The van der Waals surface area contributed by atoms with Crippen molar-refractivity contribution in [1.82, 2.24) is 10.2 Å². The number of amides is 1. The van der Waals surface area contributed by atoms with E-state index in [4.69, 9.17) is 12.2 Å². The molecule has 0 atom stereocenters. The first kappa shape index (κ1) is 14.6. The van der Waals surface area contributed by atoms with Crippen molar-refractivity contribution in [2.24, 2.45) is 0 Å². The first-order valence-electron chi connectivity index (χ1n) is 6.34. The van der Waals surface area contributed by atoms with E-state index in [1.54, 1.807) is 4.90 Å². The molecular weight excluding hydrogens is 284 g/mol. The van der Waals surface area contributed by atoms with Gasteiger partial charge in [-0.15, -0.1) is 0 Å². The van der Waals surface area contributed by atoms with E-state index < -0.39 is 11.6 Å². The van der Waals surface area contributed by atoms with E-state index in [1.807, 2.05) is 0 Å². The molecule has 1 aromatic rings. The Bertz CT molecular complexity index is 504. The van der Waals surface area contributed by atoms with E-state index in [9.17, 15) is 13.6 Å². The molecule has 0 bridgehead atoms. The van der Waals surface area contributed by atoms with Crippen molar-refractivity contribution in [3.05, 3.63) is 29.8 Å². The van der Waals surface area contributed by atoms with E-state index in [-0.39, 0.29) is 16.7 Å². The van der Waals surface area contributed by atoms with Gasteiger partial charge in [0.15, 0.2) is 5.11 Å². The smallest absolute Gasteiger partial charge is 0.222 e. The van der Waals surface area contributed by atoms with E-state index >= 15 is 0 Å². The molecule has 2 rings (SSSR count). The molecule has 1 aliphatic rings. The number of nitrogens with zero attached hydrogens (tertiary/aromatic N) is 1. The summed E-state index contributed by atoms with van der Waals surface area (Å²) in [6.07, 6.45) is 1.46. The second-order valence-electron chi connectivity index (χ2n) is 4.46. The fraction of sp³-hybridized carbons (Fsp3) is 0.385. The topological polar surface area (TPSA) is 44.4 Å². The lowest BCUT2D eigenvalue weighted by Crippen LogP contribution is -2.37. The van der Waals surface area contributed by atoms with Crippen molar-refractivity contribution in [3.63, 3.8) is 0 Å². The van der Waals surface area contributed by atoms with E-state index in [2.05, 4.69) is 10.6 Å². The summed E-state index contributed by atoms with van der Waals surface area (Å²) < 4.78 is 26.8. The summed E-state index contributed by atoms with van der Waals surface area (Å²) in [6, 6.07) is 3.58. The second kappa shape index (κ2) is 6.60. The summed E-state index contributed by atoms with van der Waals surface area (Å²) in [4.78, 5) is 13.1. The zero-order chi connectivity index (χ0) is 14.5. The molecule has 20 heavy (non-hydrogen) atoms. The van der Waals surface area contributed by atoms with Gasteiger partial charge in [0.2, 0.25) is 5.91 Å². The first-order valence-corrected chi connectivity index (χ1v) is 6.75. The minimum absolute atomic E-state index is 0.126. The number of likely N-dealkylation sites (tertiary alicyclic amines) is 1. The lowest BCUT2D eigenvalue weighted by atomic mass is 10.3. The van der Waals surface area contributed by atoms with Gasteiger partial charge in [0, 0.05) is 26.1 Å². The van der Waals surface area contributed by atoms with E-state index in [1.165, 1.54) is 6.07 Å². The number of thiocarbonyl (C=S) groups is 1. The van der Waals surface area contributed by atoms with Crippen LogP contribution in [0.25, 0.3) is 0 Å². The fourth-order valence-electron chi connectivity index (χ4n) is 2.02. The third kappa shape index (κ3) is 3.63. The number of carbonyl (C=O) groups is 1. The SMILES string of the molecule is O=C1CCCN1CCNC(=S)Nc1c(F)cccc1F. The molecule has 2 N–H and O–H groups in total. The van der Waals surface area contributed by atoms with Crippen LogP contribution in [0.5, 0.6) is 0 Å². The van der Waals surface area contributed by atoms with Crippen LogP contribution < -0.4 is 10.6 Å². The molecule has 1 aliphatic heterocycles. The number of rotatable bonds is 4. The van der Waals surface area contributed by atoms with Gasteiger partial charge >= 0.3 is 0 Å². The zero-order valence-corrected chi connectivity index (χ0v) is 11.6. The number of anilines is 1. The van der Waals surface area contributed by atoms with Crippen LogP contribution in [0.15, 0.2) is 18.2 Å². The van der Waals surface area contributed by atoms with Crippen molar-refractivity contribution >= 4 is 28.9 Å². The average molecular weight is 299 g/mol. The lowest BCUT2D eigenvalue weighted by molar-refractivity contribution is -0.127. The highest BCUT2D eigenvalue weighted by atomic mass is 32.1. The Morgan fingerprint density at radius 2 is 2.05 bits per heavy atom. The van der Waals surface area contributed by atoms with Crippen LogP contribution >= 0.6 is 12.2 Å². The third-order valence-electron chi connectivity index (χ3n) is 3.04. The van der Waals surface area contributed by atoms with Crippen LogP contribution in [0, 0.1) is 11.6 Å². The maximum absolute atomic E-state index is 13.4. The number of benzene rings is 1. The molecule has 1 amide bonds. The monoisotopic (exact) mass is 299 g/mol. The molecule has 1 aromatic carbocycles. The van der Waals surface area contributed by atoms with Gasteiger partial charge in [0.1, 0.15) is 17.3 Å². The highest BCUT2D eigenvalue weighted by Gasteiger charge is 2.19. The highest BCUT2D eigenvalue weighted by Crippen LogP contribution is 2.17. The van der Waals surface area contributed by atoms with E-state index in [0.29, 0.717) is 19.5 Å². The molecule has 4 nitrogen and oxygen atoms in total. The Balaban J connectivity index is 1.79. The number of nitrogens with one attached hydrogen (secondary N) is 2. The van der Waals surface area contributed by atoms with Gasteiger partial charge in [-0.25, -0.2) is 8.78 Å². The minimum Gasteiger partial charge on any atom is -0.361 e. The van der Waals surface area contributed by atoms with Crippen LogP contribution in [0.3, 0.4) is 0 Å². The van der Waals surface area contributed by atoms with Crippen LogP contribution in [0.4, 0.5) is 14.5 Å². The van der Waals surface area contributed by atoms with Gasteiger partial charge in [-0.1, -0.05) is 6.07 Å². The maximum Gasteiger partial charge on any atom is 0.222 e. The Morgan fingerprint density at radius 3 is 2.65 bits per heavy atom. The summed E-state index contributed by atoms with van der Waals surface area (Å²) in [6.45, 7) is 1.72. The standard InChI is InChI=1S/C13H15F2N3OS/c14-9-3-1-4-10(15)12(9)17-13(20)16-6-8-18-7-2-5-11(18)19/h1,3-4H,2,5-8H2,(H2,16,17,20). The van der Waals surface area contributed by atoms with Crippen LogP contribution in [-0.2, 0) is 4.79 Å². The molecule has 0 aliphatic carbocycles. The van der Waals surface area contributed by atoms with Crippen LogP contribution in [0.1, 0.15) is 12.8 Å². The predicted molar refractivity (Wildman–Crippen MR) is 76.4 cm³/mol. The van der Waals surface area contributed by atoms with Gasteiger partial charge in [-0.2, -0.15) is 0 Å². The molecule has 1 heterocycles. The number of carbonyl (C=O) groups excluding carboxylic acids is 1. The number of halogens is 2. The van der Waals surface area contributed by atoms with Gasteiger partial charge < -0.3 is 15.5 Å². The molecular formula is C13H15F2N3OS. The molecule has 0 radical (unpaired) electrons. The first-order chi connectivity index (χ1) is 9.58. The van der Waals surface area contributed by atoms with Crippen LogP contribution in [0.2, 0.25) is 0 Å².